The van der Waals surface area contributed by atoms with Crippen LogP contribution in [0.4, 0.5) is 10.5 Å². The van der Waals surface area contributed by atoms with Crippen LogP contribution in [0, 0.1) is 0 Å². The summed E-state index contributed by atoms with van der Waals surface area (Å²) in [5.74, 6) is 1.82. The van der Waals surface area contributed by atoms with E-state index in [9.17, 15) is 4.79 Å². The SMILES string of the molecule is CCN1N=C(c2ccc3c(c2)CCCN3C(=NCCc2ccccc2)c2ccc(OC)cc2)C(C)(C)SC1=O. The van der Waals surface area contributed by atoms with Crippen LogP contribution in [0.5, 0.6) is 5.75 Å². The molecule has 202 valence electrons. The summed E-state index contributed by atoms with van der Waals surface area (Å²) in [5.41, 5.74) is 6.85. The molecule has 2 heterocycles. The third-order valence-electron chi connectivity index (χ3n) is 7.22. The lowest BCUT2D eigenvalue weighted by molar-refractivity contribution is 0.226. The van der Waals surface area contributed by atoms with Gasteiger partial charge < -0.3 is 9.64 Å². The van der Waals surface area contributed by atoms with Crippen LogP contribution in [0.2, 0.25) is 0 Å². The topological polar surface area (TPSA) is 57.5 Å². The molecule has 3 aromatic rings. The molecule has 0 bridgehead atoms. The van der Waals surface area contributed by atoms with Gasteiger partial charge >= 0.3 is 5.24 Å². The number of amides is 1. The van der Waals surface area contributed by atoms with Crippen molar-refractivity contribution in [3.05, 3.63) is 95.1 Å². The Bertz CT molecular complexity index is 1380. The third-order valence-corrected chi connectivity index (χ3v) is 8.31. The van der Waals surface area contributed by atoms with Crippen molar-refractivity contribution in [2.75, 3.05) is 31.6 Å². The Hall–Kier alpha value is -3.58. The van der Waals surface area contributed by atoms with E-state index in [2.05, 4.69) is 73.3 Å². The molecule has 0 saturated heterocycles. The first kappa shape index (κ1) is 27.0. The third kappa shape index (κ3) is 5.88. The lowest BCUT2D eigenvalue weighted by atomic mass is 9.93. The van der Waals surface area contributed by atoms with Crippen molar-refractivity contribution < 1.29 is 9.53 Å². The predicted octanol–water partition coefficient (Wildman–Crippen LogP) is 6.81. The normalized spacial score (nSPS) is 17.1. The van der Waals surface area contributed by atoms with Crippen LogP contribution >= 0.6 is 11.8 Å². The fraction of sp³-hybridized carbons (Fsp3) is 0.344. The highest BCUT2D eigenvalue weighted by Crippen LogP contribution is 2.38. The lowest BCUT2D eigenvalue weighted by Gasteiger charge is -2.35. The standard InChI is InChI=1S/C32H36N4O2S/c1-5-36-31(37)39-32(2,3)29(34-36)26-15-18-28-25(22-26)12-9-21-35(28)30(24-13-16-27(38-4)17-14-24)33-20-19-23-10-7-6-8-11-23/h6-8,10-11,13-18,22H,5,9,12,19-21H2,1-4H3. The number of benzene rings is 3. The second kappa shape index (κ2) is 11.7. The van der Waals surface area contributed by atoms with Gasteiger partial charge in [0, 0.05) is 30.9 Å². The predicted molar refractivity (Wildman–Crippen MR) is 163 cm³/mol. The van der Waals surface area contributed by atoms with E-state index in [4.69, 9.17) is 14.8 Å². The molecule has 0 spiro atoms. The van der Waals surface area contributed by atoms with Gasteiger partial charge in [0.2, 0.25) is 0 Å². The minimum Gasteiger partial charge on any atom is -0.497 e. The van der Waals surface area contributed by atoms with Crippen LogP contribution in [-0.2, 0) is 12.8 Å². The number of ether oxygens (including phenoxy) is 1. The van der Waals surface area contributed by atoms with Gasteiger partial charge in [-0.3, -0.25) is 9.79 Å². The van der Waals surface area contributed by atoms with E-state index in [0.717, 1.165) is 54.2 Å². The number of aryl methyl sites for hydroxylation is 1. The number of fused-ring (bicyclic) bond motifs is 1. The monoisotopic (exact) mass is 540 g/mol. The van der Waals surface area contributed by atoms with Crippen molar-refractivity contribution in [2.24, 2.45) is 10.1 Å². The molecule has 0 radical (unpaired) electrons. The molecule has 5 rings (SSSR count). The van der Waals surface area contributed by atoms with Crippen molar-refractivity contribution in [1.82, 2.24) is 5.01 Å². The Morgan fingerprint density at radius 1 is 1.08 bits per heavy atom. The van der Waals surface area contributed by atoms with Gasteiger partial charge in [0.25, 0.3) is 0 Å². The maximum Gasteiger partial charge on any atom is 0.302 e. The van der Waals surface area contributed by atoms with Crippen molar-refractivity contribution in [3.63, 3.8) is 0 Å². The zero-order chi connectivity index (χ0) is 27.4. The molecule has 0 fully saturated rings. The minimum atomic E-state index is -0.390. The first-order valence-corrected chi connectivity index (χ1v) is 14.4. The summed E-state index contributed by atoms with van der Waals surface area (Å²) in [5, 5.41) is 6.34. The first-order valence-electron chi connectivity index (χ1n) is 13.6. The number of hydrogen-bond acceptors (Lipinski definition) is 5. The highest BCUT2D eigenvalue weighted by atomic mass is 32.2. The fourth-order valence-electron chi connectivity index (χ4n) is 5.18. The number of nitrogens with zero attached hydrogens (tertiary/aromatic N) is 4. The summed E-state index contributed by atoms with van der Waals surface area (Å²) >= 11 is 1.35. The van der Waals surface area contributed by atoms with Gasteiger partial charge in [-0.05, 0) is 93.1 Å². The maximum absolute atomic E-state index is 12.5. The summed E-state index contributed by atoms with van der Waals surface area (Å²) < 4.78 is 5.02. The summed E-state index contributed by atoms with van der Waals surface area (Å²) in [6.45, 7) is 8.29. The summed E-state index contributed by atoms with van der Waals surface area (Å²) in [7, 11) is 1.69. The maximum atomic E-state index is 12.5. The second-order valence-corrected chi connectivity index (χ2v) is 11.9. The van der Waals surface area contributed by atoms with Gasteiger partial charge in [-0.15, -0.1) is 0 Å². The largest absolute Gasteiger partial charge is 0.497 e. The van der Waals surface area contributed by atoms with Gasteiger partial charge in [-0.25, -0.2) is 5.01 Å². The molecule has 0 saturated carbocycles. The van der Waals surface area contributed by atoms with Crippen LogP contribution in [-0.4, -0.2) is 53.3 Å². The Balaban J connectivity index is 1.50. The number of hydrazone groups is 1. The summed E-state index contributed by atoms with van der Waals surface area (Å²) in [6.07, 6.45) is 2.92. The molecule has 0 unspecified atom stereocenters. The summed E-state index contributed by atoms with van der Waals surface area (Å²) in [4.78, 5) is 20.0. The first-order chi connectivity index (χ1) is 18.9. The number of amidine groups is 1. The highest BCUT2D eigenvalue weighted by molar-refractivity contribution is 8.15. The zero-order valence-electron chi connectivity index (χ0n) is 23.2. The van der Waals surface area contributed by atoms with Gasteiger partial charge in [-0.1, -0.05) is 48.2 Å². The van der Waals surface area contributed by atoms with E-state index in [1.807, 2.05) is 25.1 Å². The lowest BCUT2D eigenvalue weighted by Crippen LogP contribution is -2.41. The number of anilines is 1. The van der Waals surface area contributed by atoms with Gasteiger partial charge in [-0.2, -0.15) is 5.10 Å². The average molecular weight is 541 g/mol. The minimum absolute atomic E-state index is 0.00577. The van der Waals surface area contributed by atoms with E-state index in [0.29, 0.717) is 13.1 Å². The van der Waals surface area contributed by atoms with E-state index in [1.54, 1.807) is 12.1 Å². The molecule has 0 N–H and O–H groups in total. The second-order valence-electron chi connectivity index (χ2n) is 10.3. The molecule has 6 nitrogen and oxygen atoms in total. The van der Waals surface area contributed by atoms with E-state index in [-0.39, 0.29) is 5.24 Å². The number of carbonyl (C=O) groups is 1. The smallest absolute Gasteiger partial charge is 0.302 e. The van der Waals surface area contributed by atoms with Gasteiger partial charge in [0.1, 0.15) is 11.6 Å². The van der Waals surface area contributed by atoms with Gasteiger partial charge in [0.15, 0.2) is 0 Å². The van der Waals surface area contributed by atoms with Crippen molar-refractivity contribution in [1.29, 1.82) is 0 Å². The molecule has 7 heteroatoms. The van der Waals surface area contributed by atoms with E-state index >= 15 is 0 Å². The Labute approximate surface area is 235 Å². The Morgan fingerprint density at radius 2 is 1.85 bits per heavy atom. The molecule has 0 aromatic heterocycles. The molecule has 2 aliphatic heterocycles. The van der Waals surface area contributed by atoms with Crippen molar-refractivity contribution in [2.45, 2.75) is 44.8 Å². The molecular weight excluding hydrogens is 504 g/mol. The number of aliphatic imine (C=N–C) groups is 1. The Morgan fingerprint density at radius 3 is 2.56 bits per heavy atom. The molecule has 3 aromatic carbocycles. The van der Waals surface area contributed by atoms with Crippen molar-refractivity contribution >= 4 is 34.2 Å². The molecule has 0 atom stereocenters. The molecule has 0 aliphatic carbocycles. The van der Waals surface area contributed by atoms with Crippen LogP contribution < -0.4 is 9.64 Å². The van der Waals surface area contributed by atoms with Gasteiger partial charge in [0.05, 0.1) is 17.6 Å². The van der Waals surface area contributed by atoms with E-state index < -0.39 is 4.75 Å². The number of methoxy groups -OCH3 is 1. The molecule has 39 heavy (non-hydrogen) atoms. The summed E-state index contributed by atoms with van der Waals surface area (Å²) in [6, 6.07) is 25.3. The quantitative estimate of drug-likeness (QED) is 0.244. The molecular formula is C32H36N4O2S. The van der Waals surface area contributed by atoms with Crippen LogP contribution in [0.25, 0.3) is 0 Å². The van der Waals surface area contributed by atoms with Crippen LogP contribution in [0.1, 0.15) is 49.4 Å². The molecule has 1 amide bonds. The fourth-order valence-corrected chi connectivity index (χ4v) is 6.15. The number of hydrogen-bond donors (Lipinski definition) is 0. The average Bonchev–Trinajstić information content (AvgIpc) is 2.95. The molecule has 2 aliphatic rings. The Kier molecular flexibility index (Phi) is 8.07. The number of rotatable bonds is 7. The zero-order valence-corrected chi connectivity index (χ0v) is 24.0. The van der Waals surface area contributed by atoms with E-state index in [1.165, 1.54) is 28.6 Å². The van der Waals surface area contributed by atoms with Crippen molar-refractivity contribution in [3.8, 4) is 5.75 Å². The van der Waals surface area contributed by atoms with Crippen LogP contribution in [0.15, 0.2) is 82.9 Å². The number of thioether (sulfide) groups is 1. The number of carbonyl (C=O) groups excluding carboxylic acids is 1. The van der Waals surface area contributed by atoms with Crippen LogP contribution in [0.3, 0.4) is 0 Å². The highest BCUT2D eigenvalue weighted by Gasteiger charge is 2.37.